The third kappa shape index (κ3) is 89.0. The van der Waals surface area contributed by atoms with Crippen LogP contribution in [-0.4, -0.2) is 37.7 Å². The van der Waals surface area contributed by atoms with E-state index in [-0.39, 0.29) is 87.5 Å². The molecule has 0 aliphatic carbocycles. The van der Waals surface area contributed by atoms with Crippen molar-refractivity contribution in [2.75, 3.05) is 0 Å². The van der Waals surface area contributed by atoms with E-state index in [2.05, 4.69) is 0 Å². The van der Waals surface area contributed by atoms with Crippen molar-refractivity contribution >= 4 is 37.7 Å². The Morgan fingerprint density at radius 2 is 0.667 bits per heavy atom. The van der Waals surface area contributed by atoms with Crippen molar-refractivity contribution in [3.8, 4) is 0 Å². The van der Waals surface area contributed by atoms with Crippen molar-refractivity contribution in [3.05, 3.63) is 0 Å². The van der Waals surface area contributed by atoms with E-state index in [1.54, 1.807) is 31.9 Å². The summed E-state index contributed by atoms with van der Waals surface area (Å²) >= 11 is 3.38. The third-order valence-corrected chi connectivity index (χ3v) is 0. The zero-order valence-corrected chi connectivity index (χ0v) is 7.92. The summed E-state index contributed by atoms with van der Waals surface area (Å²) in [7, 11) is 0. The summed E-state index contributed by atoms with van der Waals surface area (Å²) in [4.78, 5) is 0. The molecule has 0 aromatic rings. The number of hydrogen-bond donors (Lipinski definition) is 0. The van der Waals surface area contributed by atoms with E-state index in [4.69, 9.17) is 7.67 Å². The summed E-state index contributed by atoms with van der Waals surface area (Å²) in [5, 5.41) is 0. The molecule has 0 saturated heterocycles. The first-order chi connectivity index (χ1) is 2.00. The Hall–Kier alpha value is 3.33. The molecule has 0 fully saturated rings. The molecule has 0 unspecified atom stereocenters. The third-order valence-electron chi connectivity index (χ3n) is 0. The molecule has 0 aromatic heterocycles. The van der Waals surface area contributed by atoms with Gasteiger partial charge in [0.1, 0.15) is 0 Å². The van der Waals surface area contributed by atoms with Gasteiger partial charge in [0.05, 0.1) is 0 Å². The molecule has 59 valence electrons. The maximum atomic E-state index is 8.06. The van der Waals surface area contributed by atoms with Gasteiger partial charge in [0, 0.05) is 49.8 Å². The van der Waals surface area contributed by atoms with E-state index in [9.17, 15) is 0 Å². The zero-order valence-electron chi connectivity index (χ0n) is 2.54. The second kappa shape index (κ2) is 109. The quantitative estimate of drug-likeness (QED) is 0.503. The van der Waals surface area contributed by atoms with Gasteiger partial charge in [-0.15, -0.1) is 0 Å². The fraction of sp³-hybridized carbons (Fsp3) is 0. The van der Waals surface area contributed by atoms with E-state index >= 15 is 0 Å². The second-order valence-corrected chi connectivity index (χ2v) is 0. The van der Waals surface area contributed by atoms with Gasteiger partial charge in [-0.3, -0.25) is 0 Å². The molecule has 9 heavy (non-hydrogen) atoms. The normalized spacial score (nSPS) is 0.889. The number of rotatable bonds is 0. The van der Waals surface area contributed by atoms with E-state index in [0.29, 0.717) is 0 Å². The summed E-state index contributed by atoms with van der Waals surface area (Å²) in [5.74, 6) is 0. The summed E-state index contributed by atoms with van der Waals surface area (Å²) in [5.41, 5.74) is 0. The monoisotopic (exact) mass is 333 g/mol. The Bertz CT molecular complexity index is 22.5. The maximum absolute atomic E-state index is 8.06. The first-order valence-electron chi connectivity index (χ1n) is 0.309. The van der Waals surface area contributed by atoms with E-state index in [1.165, 1.54) is 0 Å². The van der Waals surface area contributed by atoms with Gasteiger partial charge in [-0.1, -0.05) is 0 Å². The van der Waals surface area contributed by atoms with Crippen LogP contribution >= 0.6 is 0 Å². The van der Waals surface area contributed by atoms with Crippen LogP contribution in [0.25, 0.3) is 0 Å². The van der Waals surface area contributed by atoms with E-state index < -0.39 is 0 Å². The first kappa shape index (κ1) is 55.7. The van der Waals surface area contributed by atoms with Crippen LogP contribution in [0.1, 0.15) is 0 Å². The molecular formula is H2CoLi2Mn2Ni2O2. The minimum absolute atomic E-state index is 0. The molecule has 0 bridgehead atoms. The first-order valence-corrected chi connectivity index (χ1v) is 1.27. The fourth-order valence-electron chi connectivity index (χ4n) is 0. The van der Waals surface area contributed by atoms with Crippen molar-refractivity contribution in [2.24, 2.45) is 0 Å². The molecule has 0 aliphatic heterocycles. The molecule has 0 amide bonds. The van der Waals surface area contributed by atoms with E-state index in [1.807, 2.05) is 0 Å². The van der Waals surface area contributed by atoms with Crippen molar-refractivity contribution in [1.29, 1.82) is 0 Å². The standard InChI is InChI=1S/Co.2Li.2Mn.2Ni.2O.2H. The van der Waals surface area contributed by atoms with Crippen LogP contribution in [-0.2, 0) is 89.3 Å². The Balaban J connectivity index is -0.00000000114. The molecule has 0 heterocycles. The molecule has 0 aromatic carbocycles. The average molecular weight is 334 g/mol. The molecule has 1 radical (unpaired) electrons. The molecular weight excluding hydrogens is 332 g/mol. The minimum atomic E-state index is 0. The Labute approximate surface area is 125 Å². The summed E-state index contributed by atoms with van der Waals surface area (Å²) in [6.07, 6.45) is 0. The van der Waals surface area contributed by atoms with Gasteiger partial charge in [0.25, 0.3) is 0 Å². The zero-order chi connectivity index (χ0) is 4.00. The van der Waals surface area contributed by atoms with E-state index in [0.717, 1.165) is 0 Å². The predicted molar refractivity (Wildman–Crippen MR) is 15.7 cm³/mol. The van der Waals surface area contributed by atoms with Crippen LogP contribution in [0, 0.1) is 0 Å². The van der Waals surface area contributed by atoms with Crippen LogP contribution in [0.3, 0.4) is 0 Å². The van der Waals surface area contributed by atoms with Gasteiger partial charge in [-0.25, -0.2) is 0 Å². The van der Waals surface area contributed by atoms with Gasteiger partial charge in [0.15, 0.2) is 0 Å². The van der Waals surface area contributed by atoms with Gasteiger partial charge in [-0.05, 0) is 0 Å². The van der Waals surface area contributed by atoms with Gasteiger partial charge in [-0.2, -0.15) is 0 Å². The Kier molecular flexibility index (Phi) is 676. The molecule has 0 spiro atoms. The topological polar surface area (TPSA) is 34.1 Å². The SMILES string of the molecule is [Co].[LiH].[LiH].[Ni].[Ni].[O]=[Mn].[O]=[Mn]. The average Bonchev–Trinajstić information content (AvgIpc) is 1.50. The Morgan fingerprint density at radius 3 is 0.667 bits per heavy atom. The van der Waals surface area contributed by atoms with Crippen molar-refractivity contribution in [3.63, 3.8) is 0 Å². The van der Waals surface area contributed by atoms with Crippen LogP contribution < -0.4 is 0 Å². The van der Waals surface area contributed by atoms with Crippen molar-refractivity contribution in [2.45, 2.75) is 0 Å². The molecule has 9 heteroatoms. The molecule has 0 saturated carbocycles. The number of hydrogen-bond acceptors (Lipinski definition) is 2. The molecule has 0 aliphatic rings. The van der Waals surface area contributed by atoms with Crippen LogP contribution in [0.2, 0.25) is 0 Å². The molecule has 0 atom stereocenters. The van der Waals surface area contributed by atoms with Crippen molar-refractivity contribution in [1.82, 2.24) is 0 Å². The fourth-order valence-corrected chi connectivity index (χ4v) is 0. The van der Waals surface area contributed by atoms with Crippen LogP contribution in [0.5, 0.6) is 0 Å². The second-order valence-electron chi connectivity index (χ2n) is 0. The molecule has 0 N–H and O–H groups in total. The Morgan fingerprint density at radius 1 is 0.667 bits per heavy atom. The van der Waals surface area contributed by atoms with Gasteiger partial charge < -0.3 is 0 Å². The molecule has 0 rings (SSSR count). The summed E-state index contributed by atoms with van der Waals surface area (Å²) < 4.78 is 16.1. The van der Waals surface area contributed by atoms with Crippen LogP contribution in [0.4, 0.5) is 0 Å². The predicted octanol–water partition coefficient (Wildman–Crippen LogP) is -1.55. The van der Waals surface area contributed by atoms with Crippen LogP contribution in [0.15, 0.2) is 0 Å². The van der Waals surface area contributed by atoms with Gasteiger partial charge >= 0.3 is 77.3 Å². The summed E-state index contributed by atoms with van der Waals surface area (Å²) in [6.45, 7) is 0. The van der Waals surface area contributed by atoms with Gasteiger partial charge in [0.2, 0.25) is 0 Å². The van der Waals surface area contributed by atoms with Crippen molar-refractivity contribution < 1.29 is 89.3 Å². The summed E-state index contributed by atoms with van der Waals surface area (Å²) in [6, 6.07) is 0. The molecule has 2 nitrogen and oxygen atoms in total.